The van der Waals surface area contributed by atoms with E-state index in [2.05, 4.69) is 25.5 Å². The van der Waals surface area contributed by atoms with Crippen molar-refractivity contribution in [3.63, 3.8) is 0 Å². The number of nitrogen functional groups attached to an aromatic ring is 1. The smallest absolute Gasteiger partial charge is 0.221 e. The molecule has 7 nitrogen and oxygen atoms in total. The number of aromatic nitrogens is 5. The fourth-order valence-electron chi connectivity index (χ4n) is 1.56. The van der Waals surface area contributed by atoms with Gasteiger partial charge in [-0.25, -0.2) is 4.98 Å². The molecule has 0 aromatic carbocycles. The minimum atomic E-state index is -0.00417. The number of aryl methyl sites for hydroxylation is 2. The second-order valence-electron chi connectivity index (χ2n) is 3.93. The molecule has 0 fully saturated rings. The van der Waals surface area contributed by atoms with Crippen molar-refractivity contribution in [2.24, 2.45) is 7.05 Å². The van der Waals surface area contributed by atoms with Gasteiger partial charge in [-0.3, -0.25) is 0 Å². The minimum Gasteiger partial charge on any atom is -0.368 e. The van der Waals surface area contributed by atoms with E-state index < -0.39 is 0 Å². The molecule has 0 bridgehead atoms. The molecule has 1 unspecified atom stereocenters. The highest BCUT2D eigenvalue weighted by Crippen LogP contribution is 2.18. The highest BCUT2D eigenvalue weighted by molar-refractivity contribution is 5.46. The van der Waals surface area contributed by atoms with E-state index >= 15 is 0 Å². The Morgan fingerprint density at radius 1 is 1.47 bits per heavy atom. The molecule has 0 aliphatic carbocycles. The van der Waals surface area contributed by atoms with Crippen LogP contribution in [0.5, 0.6) is 0 Å². The van der Waals surface area contributed by atoms with Crippen molar-refractivity contribution >= 4 is 11.8 Å². The summed E-state index contributed by atoms with van der Waals surface area (Å²) < 4.78 is 1.86. The third kappa shape index (κ3) is 2.32. The summed E-state index contributed by atoms with van der Waals surface area (Å²) in [6.45, 7) is 3.91. The van der Waals surface area contributed by atoms with Gasteiger partial charge in [0.1, 0.15) is 12.1 Å². The summed E-state index contributed by atoms with van der Waals surface area (Å²) in [5.74, 6) is 1.80. The fourth-order valence-corrected chi connectivity index (χ4v) is 1.56. The van der Waals surface area contributed by atoms with E-state index in [9.17, 15) is 0 Å². The minimum absolute atomic E-state index is 0.00417. The van der Waals surface area contributed by atoms with Gasteiger partial charge < -0.3 is 15.6 Å². The van der Waals surface area contributed by atoms with Crippen molar-refractivity contribution in [3.8, 4) is 0 Å². The summed E-state index contributed by atoms with van der Waals surface area (Å²) in [5.41, 5.74) is 6.49. The summed E-state index contributed by atoms with van der Waals surface area (Å²) in [6.07, 6.45) is 3.35. The first-order valence-electron chi connectivity index (χ1n) is 5.27. The number of hydrogen-bond donors (Lipinski definition) is 2. The van der Waals surface area contributed by atoms with Gasteiger partial charge in [-0.1, -0.05) is 0 Å². The van der Waals surface area contributed by atoms with E-state index in [1.165, 1.54) is 0 Å². The third-order valence-corrected chi connectivity index (χ3v) is 2.48. The maximum atomic E-state index is 5.56. The van der Waals surface area contributed by atoms with Crippen LogP contribution in [0.4, 0.5) is 11.8 Å². The SMILES string of the molecule is Cc1cnc(N)nc1NC(C)c1nncn1C. The average molecular weight is 233 g/mol. The molecule has 2 aromatic rings. The number of nitrogens with two attached hydrogens (primary N) is 1. The molecule has 0 saturated heterocycles. The van der Waals surface area contributed by atoms with Gasteiger partial charge in [0.15, 0.2) is 5.82 Å². The summed E-state index contributed by atoms with van der Waals surface area (Å²) in [6, 6.07) is -0.00417. The molecular weight excluding hydrogens is 218 g/mol. The lowest BCUT2D eigenvalue weighted by atomic mass is 10.3. The zero-order valence-corrected chi connectivity index (χ0v) is 10.0. The molecule has 0 radical (unpaired) electrons. The first-order valence-corrected chi connectivity index (χ1v) is 5.27. The first-order chi connectivity index (χ1) is 8.08. The molecule has 0 amide bonds. The average Bonchev–Trinajstić information content (AvgIpc) is 2.70. The van der Waals surface area contributed by atoms with Crippen LogP contribution in [0.3, 0.4) is 0 Å². The Balaban J connectivity index is 2.21. The molecule has 2 rings (SSSR count). The lowest BCUT2D eigenvalue weighted by Crippen LogP contribution is -2.14. The van der Waals surface area contributed by atoms with Gasteiger partial charge in [-0.2, -0.15) is 4.98 Å². The molecular formula is C10H15N7. The van der Waals surface area contributed by atoms with Gasteiger partial charge in [0.2, 0.25) is 5.95 Å². The first kappa shape index (κ1) is 11.3. The van der Waals surface area contributed by atoms with Crippen molar-refractivity contribution in [1.29, 1.82) is 0 Å². The van der Waals surface area contributed by atoms with Gasteiger partial charge in [-0.05, 0) is 13.8 Å². The Labute approximate surface area is 99.1 Å². The second kappa shape index (κ2) is 4.36. The Kier molecular flexibility index (Phi) is 2.90. The van der Waals surface area contributed by atoms with Crippen LogP contribution in [-0.4, -0.2) is 24.7 Å². The molecule has 90 valence electrons. The van der Waals surface area contributed by atoms with E-state index in [4.69, 9.17) is 5.73 Å². The number of hydrogen-bond acceptors (Lipinski definition) is 6. The van der Waals surface area contributed by atoms with Crippen molar-refractivity contribution in [2.45, 2.75) is 19.9 Å². The maximum absolute atomic E-state index is 5.56. The fraction of sp³-hybridized carbons (Fsp3) is 0.400. The topological polar surface area (TPSA) is 94.5 Å². The molecule has 0 saturated carbocycles. The Hall–Kier alpha value is -2.18. The van der Waals surface area contributed by atoms with E-state index in [0.29, 0.717) is 5.82 Å². The Morgan fingerprint density at radius 3 is 2.88 bits per heavy atom. The standard InChI is InChI=1S/C10H15N7/c1-6-4-12-10(11)15-8(6)14-7(2)9-16-13-5-17(9)3/h4-5,7H,1-3H3,(H3,11,12,14,15). The van der Waals surface area contributed by atoms with Crippen LogP contribution in [-0.2, 0) is 7.05 Å². The molecule has 0 aliphatic heterocycles. The maximum Gasteiger partial charge on any atom is 0.221 e. The van der Waals surface area contributed by atoms with Crippen molar-refractivity contribution in [2.75, 3.05) is 11.1 Å². The molecule has 7 heteroatoms. The molecule has 1 atom stereocenters. The third-order valence-electron chi connectivity index (χ3n) is 2.48. The largest absolute Gasteiger partial charge is 0.368 e. The number of nitrogens with one attached hydrogen (secondary N) is 1. The van der Waals surface area contributed by atoms with Gasteiger partial charge in [0.05, 0.1) is 6.04 Å². The van der Waals surface area contributed by atoms with Crippen LogP contribution in [0.15, 0.2) is 12.5 Å². The van der Waals surface area contributed by atoms with Crippen LogP contribution in [0.2, 0.25) is 0 Å². The highest BCUT2D eigenvalue weighted by Gasteiger charge is 2.13. The lowest BCUT2D eigenvalue weighted by Gasteiger charge is -2.15. The van der Waals surface area contributed by atoms with E-state index in [1.807, 2.05) is 25.5 Å². The van der Waals surface area contributed by atoms with Gasteiger partial charge in [0.25, 0.3) is 0 Å². The van der Waals surface area contributed by atoms with E-state index in [0.717, 1.165) is 11.4 Å². The molecule has 0 aliphatic rings. The summed E-state index contributed by atoms with van der Waals surface area (Å²) in [4.78, 5) is 8.07. The second-order valence-corrected chi connectivity index (χ2v) is 3.93. The van der Waals surface area contributed by atoms with E-state index in [1.54, 1.807) is 12.5 Å². The normalized spacial score (nSPS) is 12.4. The van der Waals surface area contributed by atoms with Gasteiger partial charge in [0, 0.05) is 18.8 Å². The van der Waals surface area contributed by atoms with Crippen LogP contribution in [0.25, 0.3) is 0 Å². The molecule has 2 heterocycles. The highest BCUT2D eigenvalue weighted by atomic mass is 15.3. The molecule has 3 N–H and O–H groups in total. The predicted octanol–water partition coefficient (Wildman–Crippen LogP) is 0.669. The Bertz CT molecular complexity index is 519. The molecule has 17 heavy (non-hydrogen) atoms. The van der Waals surface area contributed by atoms with Crippen molar-refractivity contribution in [1.82, 2.24) is 24.7 Å². The zero-order chi connectivity index (χ0) is 12.4. The van der Waals surface area contributed by atoms with Gasteiger partial charge >= 0.3 is 0 Å². The van der Waals surface area contributed by atoms with Crippen LogP contribution < -0.4 is 11.1 Å². The van der Waals surface area contributed by atoms with Crippen molar-refractivity contribution < 1.29 is 0 Å². The number of nitrogens with zero attached hydrogens (tertiary/aromatic N) is 5. The quantitative estimate of drug-likeness (QED) is 0.809. The summed E-state index contributed by atoms with van der Waals surface area (Å²) in [5, 5.41) is 11.1. The van der Waals surface area contributed by atoms with Gasteiger partial charge in [-0.15, -0.1) is 10.2 Å². The number of anilines is 2. The summed E-state index contributed by atoms with van der Waals surface area (Å²) in [7, 11) is 1.90. The van der Waals surface area contributed by atoms with Crippen LogP contribution >= 0.6 is 0 Å². The summed E-state index contributed by atoms with van der Waals surface area (Å²) >= 11 is 0. The molecule has 0 spiro atoms. The zero-order valence-electron chi connectivity index (χ0n) is 10.0. The predicted molar refractivity (Wildman–Crippen MR) is 64.2 cm³/mol. The van der Waals surface area contributed by atoms with Crippen LogP contribution in [0, 0.1) is 6.92 Å². The van der Waals surface area contributed by atoms with Crippen LogP contribution in [0.1, 0.15) is 24.4 Å². The van der Waals surface area contributed by atoms with Crippen molar-refractivity contribution in [3.05, 3.63) is 23.9 Å². The monoisotopic (exact) mass is 233 g/mol. The number of rotatable bonds is 3. The molecule has 2 aromatic heterocycles. The Morgan fingerprint density at radius 2 is 2.24 bits per heavy atom. The lowest BCUT2D eigenvalue weighted by molar-refractivity contribution is 0.715. The van der Waals surface area contributed by atoms with E-state index in [-0.39, 0.29) is 12.0 Å².